The molecule has 106 valence electrons. The average molecular weight is 288 g/mol. The van der Waals surface area contributed by atoms with Crippen LogP contribution in [-0.2, 0) is 0 Å². The third-order valence-electron chi connectivity index (χ3n) is 3.53. The Morgan fingerprint density at radius 3 is 2.25 bits per heavy atom. The van der Waals surface area contributed by atoms with Crippen LogP contribution in [0, 0.1) is 6.92 Å². The molecule has 0 fully saturated rings. The van der Waals surface area contributed by atoms with Gasteiger partial charge in [0.05, 0.1) is 13.6 Å². The van der Waals surface area contributed by atoms with E-state index >= 15 is 0 Å². The van der Waals surface area contributed by atoms with E-state index in [2.05, 4.69) is 19.6 Å². The van der Waals surface area contributed by atoms with Gasteiger partial charge >= 0.3 is 0 Å². The number of carbonyl (C=O) groups is 2. The van der Waals surface area contributed by atoms with Gasteiger partial charge in [0.25, 0.3) is 0 Å². The molecule has 2 N–H and O–H groups in total. The van der Waals surface area contributed by atoms with Gasteiger partial charge in [-0.2, -0.15) is 0 Å². The lowest BCUT2D eigenvalue weighted by Gasteiger charge is -2.20. The quantitative estimate of drug-likeness (QED) is 0.861. The van der Waals surface area contributed by atoms with Crippen molar-refractivity contribution in [1.29, 1.82) is 0 Å². The van der Waals surface area contributed by atoms with Crippen molar-refractivity contribution in [2.45, 2.75) is 33.5 Å². The lowest BCUT2D eigenvalue weighted by atomic mass is 10.1. The van der Waals surface area contributed by atoms with Gasteiger partial charge in [0.15, 0.2) is 0 Å². The molecule has 0 saturated heterocycles. The number of carbonyl (C=O) groups excluding carboxylic acids is 2. The Kier molecular flexibility index (Phi) is 3.33. The summed E-state index contributed by atoms with van der Waals surface area (Å²) < 4.78 is 1.79. The number of benzene rings is 1. The Bertz CT molecular complexity index is 724. The normalized spacial score (nSPS) is 11.8. The second-order valence-corrected chi connectivity index (χ2v) is 11.1. The van der Waals surface area contributed by atoms with Gasteiger partial charge in [-0.3, -0.25) is 14.2 Å². The molecule has 0 atom stereocenters. The maximum absolute atomic E-state index is 12.1. The van der Waals surface area contributed by atoms with Crippen LogP contribution < -0.4 is 11.1 Å². The van der Waals surface area contributed by atoms with E-state index in [0.29, 0.717) is 5.56 Å². The first kappa shape index (κ1) is 14.5. The summed E-state index contributed by atoms with van der Waals surface area (Å²) in [4.78, 5) is 23.4. The topological polar surface area (TPSA) is 65.1 Å². The summed E-state index contributed by atoms with van der Waals surface area (Å²) in [5.74, 6) is -0.441. The standard InChI is InChI=1S/C15H20N2O2Si/c1-9-12-8-11(14(16)19)6-7-13(12)17(10(2)18)15(9)20(3,4)5/h6-8H,1-5H3,(H2,16,19). The molecular formula is C15H20N2O2Si. The number of rotatable bonds is 2. The largest absolute Gasteiger partial charge is 0.366 e. The highest BCUT2D eigenvalue weighted by Gasteiger charge is 2.28. The molecule has 0 saturated carbocycles. The van der Waals surface area contributed by atoms with Crippen LogP contribution >= 0.6 is 0 Å². The predicted molar refractivity (Wildman–Crippen MR) is 84.5 cm³/mol. The summed E-state index contributed by atoms with van der Waals surface area (Å²) in [6.07, 6.45) is 0. The van der Waals surface area contributed by atoms with E-state index in [4.69, 9.17) is 5.73 Å². The number of nitrogens with zero attached hydrogens (tertiary/aromatic N) is 1. The maximum atomic E-state index is 12.1. The summed E-state index contributed by atoms with van der Waals surface area (Å²) in [5, 5.41) is 2.05. The zero-order chi connectivity index (χ0) is 15.2. The Morgan fingerprint density at radius 2 is 1.80 bits per heavy atom. The number of aryl methyl sites for hydroxylation is 1. The zero-order valence-corrected chi connectivity index (χ0v) is 13.6. The van der Waals surface area contributed by atoms with E-state index in [9.17, 15) is 9.59 Å². The fourth-order valence-corrected chi connectivity index (χ4v) is 5.03. The molecule has 0 radical (unpaired) electrons. The van der Waals surface area contributed by atoms with Crippen LogP contribution in [0.25, 0.3) is 10.9 Å². The van der Waals surface area contributed by atoms with Crippen LogP contribution in [0.1, 0.15) is 27.6 Å². The number of amides is 1. The van der Waals surface area contributed by atoms with Gasteiger partial charge in [0, 0.05) is 23.2 Å². The van der Waals surface area contributed by atoms with Gasteiger partial charge in [0.2, 0.25) is 11.8 Å². The van der Waals surface area contributed by atoms with Crippen molar-refractivity contribution >= 4 is 36.1 Å². The number of primary amides is 1. The first-order chi connectivity index (χ1) is 9.14. The molecule has 0 spiro atoms. The van der Waals surface area contributed by atoms with Crippen molar-refractivity contribution in [3.8, 4) is 0 Å². The minimum Gasteiger partial charge on any atom is -0.366 e. The van der Waals surface area contributed by atoms with Crippen molar-refractivity contribution < 1.29 is 9.59 Å². The van der Waals surface area contributed by atoms with E-state index in [0.717, 1.165) is 21.8 Å². The molecule has 1 heterocycles. The van der Waals surface area contributed by atoms with E-state index in [1.165, 1.54) is 0 Å². The highest BCUT2D eigenvalue weighted by molar-refractivity contribution is 6.89. The molecule has 0 aliphatic carbocycles. The van der Waals surface area contributed by atoms with Crippen LogP contribution in [0.5, 0.6) is 0 Å². The molecule has 5 heteroatoms. The van der Waals surface area contributed by atoms with Crippen molar-refractivity contribution in [2.75, 3.05) is 0 Å². The van der Waals surface area contributed by atoms with Crippen LogP contribution in [0.4, 0.5) is 0 Å². The van der Waals surface area contributed by atoms with E-state index < -0.39 is 14.0 Å². The fourth-order valence-electron chi connectivity index (χ4n) is 2.83. The highest BCUT2D eigenvalue weighted by Crippen LogP contribution is 2.23. The fraction of sp³-hybridized carbons (Fsp3) is 0.333. The van der Waals surface area contributed by atoms with Gasteiger partial charge in [-0.25, -0.2) is 0 Å². The lowest BCUT2D eigenvalue weighted by molar-refractivity contribution is 0.0943. The highest BCUT2D eigenvalue weighted by atomic mass is 28.3. The molecule has 0 aliphatic heterocycles. The monoisotopic (exact) mass is 288 g/mol. The molecule has 0 unspecified atom stereocenters. The second kappa shape index (κ2) is 4.59. The Morgan fingerprint density at radius 1 is 1.20 bits per heavy atom. The van der Waals surface area contributed by atoms with Gasteiger partial charge in [-0.05, 0) is 30.7 Å². The van der Waals surface area contributed by atoms with Crippen LogP contribution in [0.3, 0.4) is 0 Å². The number of fused-ring (bicyclic) bond motifs is 1. The molecule has 2 rings (SSSR count). The van der Waals surface area contributed by atoms with Crippen molar-refractivity contribution in [1.82, 2.24) is 4.57 Å². The van der Waals surface area contributed by atoms with Gasteiger partial charge in [0.1, 0.15) is 0 Å². The third-order valence-corrected chi connectivity index (χ3v) is 5.55. The number of hydrogen-bond donors (Lipinski definition) is 1. The zero-order valence-electron chi connectivity index (χ0n) is 12.6. The maximum Gasteiger partial charge on any atom is 0.248 e. The van der Waals surface area contributed by atoms with E-state index in [1.807, 2.05) is 13.0 Å². The van der Waals surface area contributed by atoms with Crippen molar-refractivity contribution in [3.05, 3.63) is 29.3 Å². The molecule has 0 aliphatic rings. The van der Waals surface area contributed by atoms with Crippen LogP contribution in [-0.4, -0.2) is 24.5 Å². The van der Waals surface area contributed by atoms with Gasteiger partial charge in [-0.15, -0.1) is 0 Å². The van der Waals surface area contributed by atoms with E-state index in [1.54, 1.807) is 23.6 Å². The number of aromatic nitrogens is 1. The molecule has 1 aromatic heterocycles. The van der Waals surface area contributed by atoms with Crippen molar-refractivity contribution in [3.63, 3.8) is 0 Å². The molecule has 1 amide bonds. The third kappa shape index (κ3) is 2.18. The smallest absolute Gasteiger partial charge is 0.248 e. The number of nitrogens with two attached hydrogens (primary N) is 1. The Hall–Kier alpha value is -1.88. The molecule has 4 nitrogen and oxygen atoms in total. The van der Waals surface area contributed by atoms with Gasteiger partial charge in [-0.1, -0.05) is 19.6 Å². The van der Waals surface area contributed by atoms with Gasteiger partial charge < -0.3 is 5.73 Å². The summed E-state index contributed by atoms with van der Waals surface area (Å²) in [6.45, 7) is 10.2. The average Bonchev–Trinajstić information content (AvgIpc) is 2.62. The first-order valence-electron chi connectivity index (χ1n) is 6.61. The van der Waals surface area contributed by atoms with Crippen LogP contribution in [0.15, 0.2) is 18.2 Å². The molecule has 20 heavy (non-hydrogen) atoms. The first-order valence-corrected chi connectivity index (χ1v) is 10.1. The van der Waals surface area contributed by atoms with E-state index in [-0.39, 0.29) is 5.91 Å². The Balaban J connectivity index is 2.93. The number of hydrogen-bond acceptors (Lipinski definition) is 2. The molecule has 0 bridgehead atoms. The lowest BCUT2D eigenvalue weighted by Crippen LogP contribution is -2.45. The summed E-state index contributed by atoms with van der Waals surface area (Å²) in [5.41, 5.74) is 7.76. The van der Waals surface area contributed by atoms with Crippen LogP contribution in [0.2, 0.25) is 19.6 Å². The minimum absolute atomic E-state index is 0.00681. The molecule has 1 aromatic carbocycles. The second-order valence-electron chi connectivity index (χ2n) is 6.17. The predicted octanol–water partition coefficient (Wildman–Crippen LogP) is 2.25. The summed E-state index contributed by atoms with van der Waals surface area (Å²) in [7, 11) is -1.69. The molecular weight excluding hydrogens is 268 g/mol. The molecule has 2 aromatic rings. The summed E-state index contributed by atoms with van der Waals surface area (Å²) in [6, 6.07) is 5.28. The van der Waals surface area contributed by atoms with Crippen molar-refractivity contribution in [2.24, 2.45) is 5.73 Å². The Labute approximate surface area is 119 Å². The minimum atomic E-state index is -1.69. The SMILES string of the molecule is CC(=O)n1c([Si](C)(C)C)c(C)c2cc(C(N)=O)ccc21. The summed E-state index contributed by atoms with van der Waals surface area (Å²) >= 11 is 0.